The predicted molar refractivity (Wildman–Crippen MR) is 72.7 cm³/mol. The lowest BCUT2D eigenvalue weighted by Crippen LogP contribution is -2.29. The van der Waals surface area contributed by atoms with Gasteiger partial charge in [-0.05, 0) is 31.9 Å². The molecule has 0 amide bonds. The van der Waals surface area contributed by atoms with Crippen LogP contribution in [0.4, 0.5) is 10.1 Å². The summed E-state index contributed by atoms with van der Waals surface area (Å²) >= 11 is 0. The quantitative estimate of drug-likeness (QED) is 0.665. The molecule has 1 fully saturated rings. The summed E-state index contributed by atoms with van der Waals surface area (Å²) < 4.78 is 13.8. The molecule has 2 unspecified atom stereocenters. The van der Waals surface area contributed by atoms with Gasteiger partial charge in [-0.15, -0.1) is 0 Å². The van der Waals surface area contributed by atoms with Gasteiger partial charge in [0.1, 0.15) is 5.82 Å². The second-order valence-electron chi connectivity index (χ2n) is 5.49. The molecule has 0 radical (unpaired) electrons. The number of nitro groups is 1. The Morgan fingerprint density at radius 1 is 1.50 bits per heavy atom. The summed E-state index contributed by atoms with van der Waals surface area (Å²) in [7, 11) is 1.87. The maximum Gasteiger partial charge on any atom is 0.272 e. The summed E-state index contributed by atoms with van der Waals surface area (Å²) in [6, 6.07) is 3.72. The van der Waals surface area contributed by atoms with Gasteiger partial charge in [0.2, 0.25) is 0 Å². The maximum absolute atomic E-state index is 13.8. The van der Waals surface area contributed by atoms with Gasteiger partial charge in [-0.1, -0.05) is 6.42 Å². The molecular formula is C14H19FN2O3. The standard InChI is InChI=1S/C14H19FN2O3/c1-16(9-11-3-2-4-14(11)18)8-10-5-6-12(17(19)20)7-13(10)15/h5-7,11,14,18H,2-4,8-9H2,1H3. The van der Waals surface area contributed by atoms with Crippen LogP contribution >= 0.6 is 0 Å². The molecule has 1 aliphatic carbocycles. The second kappa shape index (κ2) is 6.28. The molecule has 5 nitrogen and oxygen atoms in total. The van der Waals surface area contributed by atoms with Gasteiger partial charge < -0.3 is 10.0 Å². The lowest BCUT2D eigenvalue weighted by Gasteiger charge is -2.23. The largest absolute Gasteiger partial charge is 0.393 e. The summed E-state index contributed by atoms with van der Waals surface area (Å²) in [5, 5.41) is 20.3. The highest BCUT2D eigenvalue weighted by atomic mass is 19.1. The molecule has 1 aromatic rings. The van der Waals surface area contributed by atoms with Crippen molar-refractivity contribution < 1.29 is 14.4 Å². The molecule has 0 saturated heterocycles. The van der Waals surface area contributed by atoms with Crippen LogP contribution < -0.4 is 0 Å². The van der Waals surface area contributed by atoms with Crippen molar-refractivity contribution >= 4 is 5.69 Å². The van der Waals surface area contributed by atoms with Crippen molar-refractivity contribution in [3.63, 3.8) is 0 Å². The lowest BCUT2D eigenvalue weighted by molar-refractivity contribution is -0.385. The summed E-state index contributed by atoms with van der Waals surface area (Å²) in [6.07, 6.45) is 2.60. The summed E-state index contributed by atoms with van der Waals surface area (Å²) in [4.78, 5) is 11.9. The van der Waals surface area contributed by atoms with Gasteiger partial charge in [0, 0.05) is 24.7 Å². The van der Waals surface area contributed by atoms with Crippen LogP contribution in [0.25, 0.3) is 0 Å². The number of aliphatic hydroxyl groups is 1. The third-order valence-corrected chi connectivity index (χ3v) is 3.85. The van der Waals surface area contributed by atoms with Crippen LogP contribution in [0.1, 0.15) is 24.8 Å². The van der Waals surface area contributed by atoms with Crippen LogP contribution in [-0.4, -0.2) is 34.6 Å². The maximum atomic E-state index is 13.8. The van der Waals surface area contributed by atoms with E-state index < -0.39 is 10.7 Å². The molecule has 0 aliphatic heterocycles. The molecule has 0 bridgehead atoms. The van der Waals surface area contributed by atoms with Crippen LogP contribution in [0, 0.1) is 21.8 Å². The van der Waals surface area contributed by atoms with Gasteiger partial charge in [-0.2, -0.15) is 0 Å². The van der Waals surface area contributed by atoms with Crippen molar-refractivity contribution in [3.8, 4) is 0 Å². The van der Waals surface area contributed by atoms with Crippen molar-refractivity contribution in [3.05, 3.63) is 39.7 Å². The molecule has 110 valence electrons. The first kappa shape index (κ1) is 14.9. The van der Waals surface area contributed by atoms with E-state index in [1.54, 1.807) is 0 Å². The Morgan fingerprint density at radius 3 is 2.80 bits per heavy atom. The number of benzene rings is 1. The van der Waals surface area contributed by atoms with Crippen molar-refractivity contribution in [2.24, 2.45) is 5.92 Å². The van der Waals surface area contributed by atoms with Crippen molar-refractivity contribution in [2.75, 3.05) is 13.6 Å². The zero-order chi connectivity index (χ0) is 14.7. The summed E-state index contributed by atoms with van der Waals surface area (Å²) in [5.41, 5.74) is 0.200. The third-order valence-electron chi connectivity index (χ3n) is 3.85. The van der Waals surface area contributed by atoms with E-state index in [1.807, 2.05) is 11.9 Å². The number of aliphatic hydroxyl groups excluding tert-OH is 1. The smallest absolute Gasteiger partial charge is 0.272 e. The Morgan fingerprint density at radius 2 is 2.25 bits per heavy atom. The van der Waals surface area contributed by atoms with Gasteiger partial charge >= 0.3 is 0 Å². The number of nitro benzene ring substituents is 1. The van der Waals surface area contributed by atoms with E-state index in [9.17, 15) is 19.6 Å². The van der Waals surface area contributed by atoms with Crippen LogP contribution in [0.3, 0.4) is 0 Å². The first-order valence-corrected chi connectivity index (χ1v) is 6.77. The van der Waals surface area contributed by atoms with E-state index in [-0.39, 0.29) is 17.7 Å². The van der Waals surface area contributed by atoms with Crippen molar-refractivity contribution in [1.29, 1.82) is 0 Å². The number of hydrogen-bond acceptors (Lipinski definition) is 4. The molecule has 20 heavy (non-hydrogen) atoms. The normalized spacial score (nSPS) is 22.4. The average molecular weight is 282 g/mol. The molecule has 0 spiro atoms. The highest BCUT2D eigenvalue weighted by molar-refractivity contribution is 5.34. The highest BCUT2D eigenvalue weighted by Gasteiger charge is 2.26. The van der Waals surface area contributed by atoms with Crippen LogP contribution in [-0.2, 0) is 6.54 Å². The minimum atomic E-state index is -0.606. The van der Waals surface area contributed by atoms with Gasteiger partial charge in [-0.25, -0.2) is 4.39 Å². The first-order valence-electron chi connectivity index (χ1n) is 6.77. The van der Waals surface area contributed by atoms with E-state index in [0.717, 1.165) is 25.3 Å². The topological polar surface area (TPSA) is 66.6 Å². The molecule has 2 atom stereocenters. The third kappa shape index (κ3) is 3.52. The van der Waals surface area contributed by atoms with Crippen LogP contribution in [0.5, 0.6) is 0 Å². The first-order chi connectivity index (χ1) is 9.47. The molecule has 2 rings (SSSR count). The van der Waals surface area contributed by atoms with Crippen molar-refractivity contribution in [2.45, 2.75) is 31.9 Å². The van der Waals surface area contributed by atoms with Gasteiger partial charge in [-0.3, -0.25) is 10.1 Å². The Hall–Kier alpha value is -1.53. The molecule has 6 heteroatoms. The van der Waals surface area contributed by atoms with Gasteiger partial charge in [0.15, 0.2) is 0 Å². The molecular weight excluding hydrogens is 263 g/mol. The molecule has 1 saturated carbocycles. The second-order valence-corrected chi connectivity index (χ2v) is 5.49. The Kier molecular flexibility index (Phi) is 4.67. The van der Waals surface area contributed by atoms with Crippen molar-refractivity contribution in [1.82, 2.24) is 4.90 Å². The predicted octanol–water partition coefficient (Wildman–Crippen LogP) is 2.33. The number of halogens is 1. The number of rotatable bonds is 5. The SMILES string of the molecule is CN(Cc1ccc([N+](=O)[O-])cc1F)CC1CCCC1O. The minimum Gasteiger partial charge on any atom is -0.393 e. The Bertz CT molecular complexity index is 495. The minimum absolute atomic E-state index is 0.236. The molecule has 1 aromatic carbocycles. The zero-order valence-electron chi connectivity index (χ0n) is 11.5. The molecule has 1 N–H and O–H groups in total. The van der Waals surface area contributed by atoms with Crippen LogP contribution in [0.15, 0.2) is 18.2 Å². The molecule has 0 aromatic heterocycles. The zero-order valence-corrected chi connectivity index (χ0v) is 11.5. The van der Waals surface area contributed by atoms with E-state index in [2.05, 4.69) is 0 Å². The number of nitrogens with zero attached hydrogens (tertiary/aromatic N) is 2. The highest BCUT2D eigenvalue weighted by Crippen LogP contribution is 2.26. The molecule has 1 aliphatic rings. The Balaban J connectivity index is 1.97. The fraction of sp³-hybridized carbons (Fsp3) is 0.571. The average Bonchev–Trinajstić information content (AvgIpc) is 2.77. The van der Waals surface area contributed by atoms with Gasteiger partial charge in [0.05, 0.1) is 17.1 Å². The Labute approximate surface area is 117 Å². The van der Waals surface area contributed by atoms with Gasteiger partial charge in [0.25, 0.3) is 5.69 Å². The van der Waals surface area contributed by atoms with E-state index in [1.165, 1.54) is 12.1 Å². The van der Waals surface area contributed by atoms with E-state index in [0.29, 0.717) is 18.7 Å². The fourth-order valence-corrected chi connectivity index (χ4v) is 2.76. The lowest BCUT2D eigenvalue weighted by atomic mass is 10.1. The number of non-ortho nitro benzene ring substituents is 1. The van der Waals surface area contributed by atoms with E-state index >= 15 is 0 Å². The fourth-order valence-electron chi connectivity index (χ4n) is 2.76. The van der Waals surface area contributed by atoms with Crippen LogP contribution in [0.2, 0.25) is 0 Å². The number of hydrogen-bond donors (Lipinski definition) is 1. The summed E-state index contributed by atoms with van der Waals surface area (Å²) in [5.74, 6) is -0.320. The molecule has 0 heterocycles. The summed E-state index contributed by atoms with van der Waals surface area (Å²) in [6.45, 7) is 1.09. The van der Waals surface area contributed by atoms with E-state index in [4.69, 9.17) is 0 Å². The monoisotopic (exact) mass is 282 g/mol.